The van der Waals surface area contributed by atoms with Crippen LogP contribution in [0.3, 0.4) is 0 Å². The number of anilines is 1. The van der Waals surface area contributed by atoms with Gasteiger partial charge in [-0.1, -0.05) is 13.0 Å². The summed E-state index contributed by atoms with van der Waals surface area (Å²) in [6, 6.07) is 4.26. The first kappa shape index (κ1) is 12.4. The largest absolute Gasteiger partial charge is 0.370 e. The number of hydrogen-bond donors (Lipinski definition) is 1. The summed E-state index contributed by atoms with van der Waals surface area (Å²) in [4.78, 5) is 6.94. The van der Waals surface area contributed by atoms with Crippen LogP contribution in [0.15, 0.2) is 18.3 Å². The quantitative estimate of drug-likeness (QED) is 0.866. The van der Waals surface area contributed by atoms with Crippen LogP contribution in [0.5, 0.6) is 0 Å². The van der Waals surface area contributed by atoms with Crippen LogP contribution < -0.4 is 5.32 Å². The molecule has 3 heteroatoms. The standard InChI is InChI=1S/C14H23N3/c1-3-15-14-5-4-13(10-16-14)11-17-8-6-12(2)7-9-17/h4-5,10,12H,3,6-9,11H2,1-2H3,(H,15,16). The van der Waals surface area contributed by atoms with E-state index in [1.165, 1.54) is 31.5 Å². The Morgan fingerprint density at radius 3 is 2.71 bits per heavy atom. The molecule has 1 aliphatic rings. The third-order valence-corrected chi connectivity index (χ3v) is 3.47. The van der Waals surface area contributed by atoms with Crippen LogP contribution in [0.1, 0.15) is 32.3 Å². The second kappa shape index (κ2) is 6.01. The van der Waals surface area contributed by atoms with E-state index in [0.717, 1.165) is 24.8 Å². The summed E-state index contributed by atoms with van der Waals surface area (Å²) < 4.78 is 0. The van der Waals surface area contributed by atoms with Gasteiger partial charge in [0.05, 0.1) is 0 Å². The highest BCUT2D eigenvalue weighted by Gasteiger charge is 2.15. The van der Waals surface area contributed by atoms with Crippen LogP contribution in [0, 0.1) is 5.92 Å². The molecule has 1 fully saturated rings. The molecule has 0 saturated carbocycles. The van der Waals surface area contributed by atoms with Crippen molar-refractivity contribution in [3.63, 3.8) is 0 Å². The minimum Gasteiger partial charge on any atom is -0.370 e. The minimum absolute atomic E-state index is 0.903. The van der Waals surface area contributed by atoms with Gasteiger partial charge in [-0.3, -0.25) is 4.90 Å². The summed E-state index contributed by atoms with van der Waals surface area (Å²) in [5.74, 6) is 1.88. The number of nitrogens with one attached hydrogen (secondary N) is 1. The number of nitrogens with zero attached hydrogens (tertiary/aromatic N) is 2. The van der Waals surface area contributed by atoms with Gasteiger partial charge in [-0.05, 0) is 50.4 Å². The molecule has 0 aliphatic carbocycles. The van der Waals surface area contributed by atoms with Gasteiger partial charge in [0, 0.05) is 19.3 Å². The van der Waals surface area contributed by atoms with Crippen LogP contribution in [-0.4, -0.2) is 29.5 Å². The maximum absolute atomic E-state index is 4.41. The molecule has 3 nitrogen and oxygen atoms in total. The van der Waals surface area contributed by atoms with Crippen molar-refractivity contribution >= 4 is 5.82 Å². The number of hydrogen-bond acceptors (Lipinski definition) is 3. The maximum Gasteiger partial charge on any atom is 0.125 e. The summed E-state index contributed by atoms with van der Waals surface area (Å²) in [6.45, 7) is 8.88. The van der Waals surface area contributed by atoms with E-state index in [1.807, 2.05) is 6.20 Å². The molecule has 1 aromatic rings. The normalized spacial score (nSPS) is 18.2. The number of aromatic nitrogens is 1. The molecule has 0 unspecified atom stereocenters. The molecular formula is C14H23N3. The van der Waals surface area contributed by atoms with E-state index in [9.17, 15) is 0 Å². The van der Waals surface area contributed by atoms with Crippen LogP contribution in [0.4, 0.5) is 5.82 Å². The molecule has 0 amide bonds. The first-order valence-electron chi connectivity index (χ1n) is 6.69. The van der Waals surface area contributed by atoms with Crippen molar-refractivity contribution in [3.05, 3.63) is 23.9 Å². The molecule has 2 rings (SSSR count). The molecule has 0 bridgehead atoms. The number of rotatable bonds is 4. The maximum atomic E-state index is 4.41. The molecule has 0 aromatic carbocycles. The van der Waals surface area contributed by atoms with Gasteiger partial charge >= 0.3 is 0 Å². The van der Waals surface area contributed by atoms with Gasteiger partial charge in [-0.2, -0.15) is 0 Å². The molecule has 17 heavy (non-hydrogen) atoms. The van der Waals surface area contributed by atoms with Crippen molar-refractivity contribution in [2.75, 3.05) is 25.0 Å². The molecule has 2 heterocycles. The van der Waals surface area contributed by atoms with E-state index < -0.39 is 0 Å². The van der Waals surface area contributed by atoms with Crippen molar-refractivity contribution in [2.45, 2.75) is 33.2 Å². The molecule has 1 aromatic heterocycles. The molecule has 1 saturated heterocycles. The summed E-state index contributed by atoms with van der Waals surface area (Å²) in [6.07, 6.45) is 4.67. The lowest BCUT2D eigenvalue weighted by molar-refractivity contribution is 0.185. The van der Waals surface area contributed by atoms with E-state index in [-0.39, 0.29) is 0 Å². The smallest absolute Gasteiger partial charge is 0.125 e. The van der Waals surface area contributed by atoms with Crippen LogP contribution in [0.2, 0.25) is 0 Å². The van der Waals surface area contributed by atoms with Crippen LogP contribution in [-0.2, 0) is 6.54 Å². The third kappa shape index (κ3) is 3.70. The summed E-state index contributed by atoms with van der Waals surface area (Å²) >= 11 is 0. The van der Waals surface area contributed by atoms with E-state index >= 15 is 0 Å². The molecule has 0 atom stereocenters. The lowest BCUT2D eigenvalue weighted by Gasteiger charge is -2.30. The van der Waals surface area contributed by atoms with Crippen molar-refractivity contribution in [2.24, 2.45) is 5.92 Å². The topological polar surface area (TPSA) is 28.2 Å². The van der Waals surface area contributed by atoms with E-state index in [1.54, 1.807) is 0 Å². The fraction of sp³-hybridized carbons (Fsp3) is 0.643. The average molecular weight is 233 g/mol. The lowest BCUT2D eigenvalue weighted by Crippen LogP contribution is -2.32. The average Bonchev–Trinajstić information content (AvgIpc) is 2.35. The molecule has 94 valence electrons. The van der Waals surface area contributed by atoms with Crippen molar-refractivity contribution in [1.82, 2.24) is 9.88 Å². The highest BCUT2D eigenvalue weighted by Crippen LogP contribution is 2.18. The molecule has 0 radical (unpaired) electrons. The Labute approximate surface area is 104 Å². The molecule has 1 N–H and O–H groups in total. The number of piperidine rings is 1. The molecular weight excluding hydrogens is 210 g/mol. The van der Waals surface area contributed by atoms with Gasteiger partial charge in [-0.15, -0.1) is 0 Å². The zero-order valence-electron chi connectivity index (χ0n) is 10.9. The van der Waals surface area contributed by atoms with Gasteiger partial charge in [0.25, 0.3) is 0 Å². The van der Waals surface area contributed by atoms with Crippen molar-refractivity contribution < 1.29 is 0 Å². The Morgan fingerprint density at radius 2 is 2.12 bits per heavy atom. The predicted octanol–water partition coefficient (Wildman–Crippen LogP) is 2.75. The third-order valence-electron chi connectivity index (χ3n) is 3.47. The highest BCUT2D eigenvalue weighted by atomic mass is 15.1. The summed E-state index contributed by atoms with van der Waals surface area (Å²) in [5.41, 5.74) is 1.32. The van der Waals surface area contributed by atoms with Gasteiger partial charge in [0.1, 0.15) is 5.82 Å². The van der Waals surface area contributed by atoms with E-state index in [2.05, 4.69) is 41.2 Å². The Balaban J connectivity index is 1.86. The first-order valence-corrected chi connectivity index (χ1v) is 6.69. The van der Waals surface area contributed by atoms with E-state index in [4.69, 9.17) is 0 Å². The fourth-order valence-electron chi connectivity index (χ4n) is 2.28. The van der Waals surface area contributed by atoms with Crippen molar-refractivity contribution in [1.29, 1.82) is 0 Å². The minimum atomic E-state index is 0.903. The van der Waals surface area contributed by atoms with Gasteiger partial charge in [0.15, 0.2) is 0 Å². The van der Waals surface area contributed by atoms with Gasteiger partial charge in [-0.25, -0.2) is 4.98 Å². The zero-order valence-corrected chi connectivity index (χ0v) is 10.9. The SMILES string of the molecule is CCNc1ccc(CN2CCC(C)CC2)cn1. The highest BCUT2D eigenvalue weighted by molar-refractivity contribution is 5.35. The first-order chi connectivity index (χ1) is 8.28. The van der Waals surface area contributed by atoms with Gasteiger partial charge in [0.2, 0.25) is 0 Å². The van der Waals surface area contributed by atoms with E-state index in [0.29, 0.717) is 0 Å². The van der Waals surface area contributed by atoms with Gasteiger partial charge < -0.3 is 5.32 Å². The Kier molecular flexibility index (Phi) is 4.37. The Morgan fingerprint density at radius 1 is 1.35 bits per heavy atom. The zero-order chi connectivity index (χ0) is 12.1. The number of likely N-dealkylation sites (tertiary alicyclic amines) is 1. The second-order valence-electron chi connectivity index (χ2n) is 5.04. The Hall–Kier alpha value is -1.09. The second-order valence-corrected chi connectivity index (χ2v) is 5.04. The summed E-state index contributed by atoms with van der Waals surface area (Å²) in [7, 11) is 0. The summed E-state index contributed by atoms with van der Waals surface area (Å²) in [5, 5.41) is 3.22. The van der Waals surface area contributed by atoms with Crippen LogP contribution >= 0.6 is 0 Å². The predicted molar refractivity (Wildman–Crippen MR) is 72.1 cm³/mol. The molecule has 1 aliphatic heterocycles. The number of pyridine rings is 1. The monoisotopic (exact) mass is 233 g/mol. The van der Waals surface area contributed by atoms with Crippen LogP contribution in [0.25, 0.3) is 0 Å². The Bertz CT molecular complexity index is 326. The lowest BCUT2D eigenvalue weighted by atomic mass is 9.99. The molecule has 0 spiro atoms. The van der Waals surface area contributed by atoms with Crippen molar-refractivity contribution in [3.8, 4) is 0 Å². The fourth-order valence-corrected chi connectivity index (χ4v) is 2.28.